The highest BCUT2D eigenvalue weighted by Gasteiger charge is 2.18. The van der Waals surface area contributed by atoms with Gasteiger partial charge in [0.2, 0.25) is 0 Å². The quantitative estimate of drug-likeness (QED) is 0.872. The highest BCUT2D eigenvalue weighted by atomic mass is 32.1. The van der Waals surface area contributed by atoms with E-state index in [1.807, 2.05) is 24.4 Å². The Morgan fingerprint density at radius 2 is 2.20 bits per heavy atom. The molecule has 1 saturated heterocycles. The summed E-state index contributed by atoms with van der Waals surface area (Å²) in [4.78, 5) is 15.4. The molecule has 0 spiro atoms. The number of carbonyl (C=O) groups excluding carboxylic acids is 1. The van der Waals surface area contributed by atoms with E-state index in [0.717, 1.165) is 26.3 Å². The van der Waals surface area contributed by atoms with Crippen LogP contribution in [0.2, 0.25) is 0 Å². The summed E-state index contributed by atoms with van der Waals surface area (Å²) in [6, 6.07) is 4.31. The Kier molecular flexibility index (Phi) is 5.82. The highest BCUT2D eigenvalue weighted by Crippen LogP contribution is 2.17. The van der Waals surface area contributed by atoms with Gasteiger partial charge in [-0.25, -0.2) is 4.79 Å². The monoisotopic (exact) mass is 297 g/mol. The Balaban J connectivity index is 1.69. The van der Waals surface area contributed by atoms with E-state index in [9.17, 15) is 4.79 Å². The van der Waals surface area contributed by atoms with E-state index in [0.29, 0.717) is 12.6 Å². The Bertz CT molecular complexity index is 405. The summed E-state index contributed by atoms with van der Waals surface area (Å²) in [7, 11) is 0. The zero-order chi connectivity index (χ0) is 14.4. The molecule has 0 aliphatic carbocycles. The summed E-state index contributed by atoms with van der Waals surface area (Å²) in [5.41, 5.74) is 0. The second-order valence-corrected chi connectivity index (χ2v) is 6.07. The van der Waals surface area contributed by atoms with Crippen molar-refractivity contribution in [2.24, 2.45) is 0 Å². The van der Waals surface area contributed by atoms with Crippen molar-refractivity contribution in [2.75, 3.05) is 32.8 Å². The summed E-state index contributed by atoms with van der Waals surface area (Å²) in [5, 5.41) is 7.92. The molecule has 2 rings (SSSR count). The molecule has 112 valence electrons. The van der Waals surface area contributed by atoms with Crippen LogP contribution in [0.3, 0.4) is 0 Å². The first-order valence-corrected chi connectivity index (χ1v) is 7.94. The fourth-order valence-corrected chi connectivity index (χ4v) is 2.98. The molecule has 2 N–H and O–H groups in total. The van der Waals surface area contributed by atoms with Gasteiger partial charge in [0.25, 0.3) is 0 Å². The lowest BCUT2D eigenvalue weighted by atomic mass is 10.2. The average molecular weight is 297 g/mol. The molecule has 1 fully saturated rings. The Morgan fingerprint density at radius 1 is 1.45 bits per heavy atom. The second-order valence-electron chi connectivity index (χ2n) is 5.09. The van der Waals surface area contributed by atoms with E-state index in [1.165, 1.54) is 4.88 Å². The number of thiophene rings is 1. The number of rotatable bonds is 5. The number of nitrogens with zero attached hydrogens (tertiary/aromatic N) is 1. The number of morpholine rings is 1. The predicted molar refractivity (Wildman–Crippen MR) is 81.1 cm³/mol. The molecule has 1 aromatic rings. The van der Waals surface area contributed by atoms with Crippen molar-refractivity contribution in [2.45, 2.75) is 25.9 Å². The number of ether oxygens (including phenoxy) is 1. The van der Waals surface area contributed by atoms with E-state index >= 15 is 0 Å². The Hall–Kier alpha value is -1.11. The largest absolute Gasteiger partial charge is 0.379 e. The molecule has 1 aromatic heterocycles. The zero-order valence-electron chi connectivity index (χ0n) is 12.1. The van der Waals surface area contributed by atoms with Crippen LogP contribution in [0.1, 0.15) is 24.8 Å². The number of hydrogen-bond acceptors (Lipinski definition) is 4. The summed E-state index contributed by atoms with van der Waals surface area (Å²) in [6.45, 7) is 8.23. The molecule has 0 aromatic carbocycles. The molecule has 1 aliphatic heterocycles. The smallest absolute Gasteiger partial charge is 0.315 e. The third kappa shape index (κ3) is 4.47. The van der Waals surface area contributed by atoms with Crippen molar-refractivity contribution in [3.05, 3.63) is 22.4 Å². The van der Waals surface area contributed by atoms with Gasteiger partial charge in [0.1, 0.15) is 0 Å². The van der Waals surface area contributed by atoms with E-state index in [2.05, 4.69) is 22.5 Å². The number of carbonyl (C=O) groups is 1. The summed E-state index contributed by atoms with van der Waals surface area (Å²) >= 11 is 1.66. The van der Waals surface area contributed by atoms with Crippen LogP contribution in [0.4, 0.5) is 4.79 Å². The van der Waals surface area contributed by atoms with Crippen molar-refractivity contribution in [3.8, 4) is 0 Å². The van der Waals surface area contributed by atoms with Gasteiger partial charge in [0, 0.05) is 30.6 Å². The molecule has 2 heterocycles. The fraction of sp³-hybridized carbons (Fsp3) is 0.643. The van der Waals surface area contributed by atoms with E-state index in [-0.39, 0.29) is 12.1 Å². The lowest BCUT2D eigenvalue weighted by molar-refractivity contribution is 0.0209. The van der Waals surface area contributed by atoms with Gasteiger partial charge in [0.15, 0.2) is 0 Å². The maximum Gasteiger partial charge on any atom is 0.315 e. The topological polar surface area (TPSA) is 53.6 Å². The van der Waals surface area contributed by atoms with E-state index in [1.54, 1.807) is 11.3 Å². The molecule has 0 bridgehead atoms. The van der Waals surface area contributed by atoms with Gasteiger partial charge in [-0.1, -0.05) is 6.07 Å². The zero-order valence-corrected chi connectivity index (χ0v) is 12.9. The van der Waals surface area contributed by atoms with Crippen LogP contribution >= 0.6 is 11.3 Å². The van der Waals surface area contributed by atoms with Crippen molar-refractivity contribution >= 4 is 17.4 Å². The van der Waals surface area contributed by atoms with Gasteiger partial charge in [0.05, 0.1) is 19.3 Å². The average Bonchev–Trinajstić information content (AvgIpc) is 3.00. The van der Waals surface area contributed by atoms with Gasteiger partial charge >= 0.3 is 6.03 Å². The van der Waals surface area contributed by atoms with Crippen LogP contribution in [0, 0.1) is 0 Å². The Labute approximate surface area is 124 Å². The summed E-state index contributed by atoms with van der Waals surface area (Å²) in [5.74, 6) is 0. The molecule has 1 aliphatic rings. The summed E-state index contributed by atoms with van der Waals surface area (Å²) in [6.07, 6.45) is 0. The Morgan fingerprint density at radius 3 is 2.85 bits per heavy atom. The van der Waals surface area contributed by atoms with Crippen molar-refractivity contribution in [1.29, 1.82) is 0 Å². The van der Waals surface area contributed by atoms with Crippen LogP contribution in [0.5, 0.6) is 0 Å². The molecular weight excluding hydrogens is 274 g/mol. The molecule has 2 atom stereocenters. The third-order valence-electron chi connectivity index (χ3n) is 3.54. The van der Waals surface area contributed by atoms with Gasteiger partial charge in [-0.15, -0.1) is 11.3 Å². The van der Waals surface area contributed by atoms with Crippen LogP contribution in [0.25, 0.3) is 0 Å². The SMILES string of the molecule is C[C@@H](NC(=O)NC[C@H](C)N1CCOCC1)c1cccs1. The van der Waals surface area contributed by atoms with Crippen molar-refractivity contribution in [3.63, 3.8) is 0 Å². The standard InChI is InChI=1S/C14H23N3O2S/c1-11(17-5-7-19-8-6-17)10-15-14(18)16-12(2)13-4-3-9-20-13/h3-4,9,11-12H,5-8,10H2,1-2H3,(H2,15,16,18)/t11-,12+/m0/s1. The van der Waals surface area contributed by atoms with Gasteiger partial charge in [-0.3, -0.25) is 4.90 Å². The van der Waals surface area contributed by atoms with E-state index < -0.39 is 0 Å². The maximum atomic E-state index is 11.9. The van der Waals surface area contributed by atoms with Crippen LogP contribution in [0.15, 0.2) is 17.5 Å². The molecule has 5 nitrogen and oxygen atoms in total. The van der Waals surface area contributed by atoms with Crippen LogP contribution in [-0.4, -0.2) is 49.8 Å². The summed E-state index contributed by atoms with van der Waals surface area (Å²) < 4.78 is 5.33. The lowest BCUT2D eigenvalue weighted by Gasteiger charge is -2.32. The molecule has 0 unspecified atom stereocenters. The van der Waals surface area contributed by atoms with Crippen LogP contribution in [-0.2, 0) is 4.74 Å². The molecular formula is C14H23N3O2S. The van der Waals surface area contributed by atoms with Gasteiger partial charge < -0.3 is 15.4 Å². The van der Waals surface area contributed by atoms with Crippen molar-refractivity contribution < 1.29 is 9.53 Å². The predicted octanol–water partition coefficient (Wildman–Crippen LogP) is 1.83. The normalized spacial score (nSPS) is 19.3. The maximum absolute atomic E-state index is 11.9. The van der Waals surface area contributed by atoms with Gasteiger partial charge in [-0.05, 0) is 25.3 Å². The molecule has 6 heteroatoms. The molecule has 0 radical (unpaired) electrons. The first-order valence-electron chi connectivity index (χ1n) is 7.06. The van der Waals surface area contributed by atoms with Gasteiger partial charge in [-0.2, -0.15) is 0 Å². The second kappa shape index (κ2) is 7.61. The number of urea groups is 1. The lowest BCUT2D eigenvalue weighted by Crippen LogP contribution is -2.49. The fourth-order valence-electron chi connectivity index (χ4n) is 2.24. The first kappa shape index (κ1) is 15.3. The van der Waals surface area contributed by atoms with E-state index in [4.69, 9.17) is 4.74 Å². The van der Waals surface area contributed by atoms with Crippen molar-refractivity contribution in [1.82, 2.24) is 15.5 Å². The number of amides is 2. The van der Waals surface area contributed by atoms with Crippen LogP contribution < -0.4 is 10.6 Å². The number of nitrogens with one attached hydrogen (secondary N) is 2. The number of hydrogen-bond donors (Lipinski definition) is 2. The minimum Gasteiger partial charge on any atom is -0.379 e. The molecule has 20 heavy (non-hydrogen) atoms. The third-order valence-corrected chi connectivity index (χ3v) is 4.60. The minimum absolute atomic E-state index is 0.0497. The highest BCUT2D eigenvalue weighted by molar-refractivity contribution is 7.10. The molecule has 0 saturated carbocycles. The first-order chi connectivity index (χ1) is 9.66. The minimum atomic E-state index is -0.106. The molecule has 2 amide bonds.